The first-order chi connectivity index (χ1) is 28.6. The fourth-order valence-corrected chi connectivity index (χ4v) is 7.43. The zero-order valence-electron chi connectivity index (χ0n) is 40.7. The second kappa shape index (κ2) is 66.6. The van der Waals surface area contributed by atoms with Gasteiger partial charge in [-0.2, -0.15) is 0 Å². The first kappa shape index (κ1) is 65.1. The molecule has 0 aromatic heterocycles. The number of hydrogen-bond donors (Lipinski definition) is 3. The van der Waals surface area contributed by atoms with Gasteiger partial charge in [-0.05, 0) is 83.7 Å². The van der Waals surface area contributed by atoms with E-state index in [0.29, 0.717) is 6.42 Å². The molecular formula is C54H110N2O2Pd. The number of rotatable bonds is 46. The molecule has 0 fully saturated rings. The normalized spacial score (nSPS) is 11.1. The first-order valence-corrected chi connectivity index (χ1v) is 26.5. The molecule has 0 radical (unpaired) electrons. The summed E-state index contributed by atoms with van der Waals surface area (Å²) < 4.78 is 0. The van der Waals surface area contributed by atoms with E-state index in [1.165, 1.54) is 263 Å². The number of aliphatic carboxylic acids is 1. The fourth-order valence-electron chi connectivity index (χ4n) is 7.43. The van der Waals surface area contributed by atoms with Crippen molar-refractivity contribution in [3.8, 4) is 0 Å². The van der Waals surface area contributed by atoms with Crippen LogP contribution in [0.5, 0.6) is 0 Å². The van der Waals surface area contributed by atoms with E-state index in [0.717, 1.165) is 25.9 Å². The summed E-state index contributed by atoms with van der Waals surface area (Å²) in [7, 11) is 0. The van der Waals surface area contributed by atoms with Gasteiger partial charge < -0.3 is 16.6 Å². The molecule has 0 atom stereocenters. The summed E-state index contributed by atoms with van der Waals surface area (Å²) in [6.07, 6.45) is 68.0. The Morgan fingerprint density at radius 2 is 0.508 bits per heavy atom. The van der Waals surface area contributed by atoms with E-state index < -0.39 is 5.97 Å². The largest absolute Gasteiger partial charge is 0.481 e. The van der Waals surface area contributed by atoms with E-state index in [1.807, 2.05) is 0 Å². The first-order valence-electron chi connectivity index (χ1n) is 26.5. The molecule has 0 aliphatic heterocycles. The minimum atomic E-state index is -0.653. The Bertz CT molecular complexity index is 719. The number of carbonyl (C=O) groups is 1. The molecule has 5 heteroatoms. The van der Waals surface area contributed by atoms with Gasteiger partial charge in [-0.25, -0.2) is 0 Å². The number of unbranched alkanes of at least 4 members (excludes halogenated alkanes) is 38. The van der Waals surface area contributed by atoms with E-state index in [1.54, 1.807) is 0 Å². The third-order valence-corrected chi connectivity index (χ3v) is 11.4. The van der Waals surface area contributed by atoms with Gasteiger partial charge in [0.25, 0.3) is 0 Å². The van der Waals surface area contributed by atoms with E-state index in [-0.39, 0.29) is 20.4 Å². The van der Waals surface area contributed by atoms with Crippen molar-refractivity contribution < 1.29 is 30.3 Å². The number of hydrogen-bond acceptors (Lipinski definition) is 3. The molecule has 5 N–H and O–H groups in total. The maximum Gasteiger partial charge on any atom is 0.303 e. The van der Waals surface area contributed by atoms with Gasteiger partial charge in [-0.1, -0.05) is 251 Å². The molecule has 4 nitrogen and oxygen atoms in total. The molecule has 0 heterocycles. The van der Waals surface area contributed by atoms with Crippen LogP contribution in [-0.2, 0) is 25.2 Å². The van der Waals surface area contributed by atoms with Crippen molar-refractivity contribution in [1.82, 2.24) is 0 Å². The number of allylic oxidation sites excluding steroid dienone is 4. The molecule has 0 aliphatic rings. The van der Waals surface area contributed by atoms with Crippen molar-refractivity contribution in [3.05, 3.63) is 24.3 Å². The molecule has 0 saturated heterocycles. The molecule has 0 aliphatic carbocycles. The van der Waals surface area contributed by atoms with Crippen LogP contribution >= 0.6 is 0 Å². The van der Waals surface area contributed by atoms with Gasteiger partial charge in [0.1, 0.15) is 0 Å². The Balaban J connectivity index is -0.000000381. The van der Waals surface area contributed by atoms with Gasteiger partial charge >= 0.3 is 5.97 Å². The number of nitrogens with two attached hydrogens (primary N) is 2. The van der Waals surface area contributed by atoms with Crippen LogP contribution < -0.4 is 11.5 Å². The fraction of sp³-hybridized carbons (Fsp3) is 0.907. The predicted octanol–water partition coefficient (Wildman–Crippen LogP) is 18.3. The summed E-state index contributed by atoms with van der Waals surface area (Å²) >= 11 is 0. The molecular weight excluding hydrogens is 815 g/mol. The monoisotopic (exact) mass is 925 g/mol. The van der Waals surface area contributed by atoms with Gasteiger partial charge in [0.2, 0.25) is 0 Å². The summed E-state index contributed by atoms with van der Waals surface area (Å²) in [4.78, 5) is 10.3. The second-order valence-electron chi connectivity index (χ2n) is 17.5. The molecule has 0 aromatic carbocycles. The molecule has 358 valence electrons. The van der Waals surface area contributed by atoms with Gasteiger partial charge in [0.05, 0.1) is 0 Å². The Labute approximate surface area is 386 Å². The molecule has 0 saturated carbocycles. The van der Waals surface area contributed by atoms with Gasteiger partial charge in [0.15, 0.2) is 0 Å². The van der Waals surface area contributed by atoms with E-state index in [9.17, 15) is 4.79 Å². The van der Waals surface area contributed by atoms with Crippen molar-refractivity contribution in [1.29, 1.82) is 0 Å². The Morgan fingerprint density at radius 3 is 0.712 bits per heavy atom. The molecule has 0 amide bonds. The SMILES string of the molecule is CCCCCCCC/C=C\CCCCCCCCN.CCCCCCCC/C=C\CCCCCCCCN.CCCCCCCCCCCCCCCCCC(=O)O.[Pd]. The molecule has 0 unspecified atom stereocenters. The van der Waals surface area contributed by atoms with Crippen molar-refractivity contribution in [2.75, 3.05) is 13.1 Å². The van der Waals surface area contributed by atoms with Crippen molar-refractivity contribution in [2.45, 2.75) is 303 Å². The van der Waals surface area contributed by atoms with Gasteiger partial charge in [0, 0.05) is 26.8 Å². The molecule has 0 aromatic rings. The standard InChI is InChI=1S/2C18H37N.C18H36O2.Pd/c2*1-2-3-4-5-6-7-8-9-10-11-12-13-14-15-16-17-18-19;1-2-3-4-5-6-7-8-9-10-11-12-13-14-15-16-17-18(19)20;/h2*9-10H,2-8,11-19H2,1H3;2-17H2,1H3,(H,19,20);/b2*10-9-;;. The zero-order valence-corrected chi connectivity index (χ0v) is 42.2. The van der Waals surface area contributed by atoms with Crippen LogP contribution in [0.2, 0.25) is 0 Å². The van der Waals surface area contributed by atoms with Gasteiger partial charge in [-0.3, -0.25) is 4.79 Å². The van der Waals surface area contributed by atoms with Crippen LogP contribution in [-0.4, -0.2) is 24.2 Å². The van der Waals surface area contributed by atoms with E-state index in [4.69, 9.17) is 16.6 Å². The Morgan fingerprint density at radius 1 is 0.322 bits per heavy atom. The molecule has 0 rings (SSSR count). The van der Waals surface area contributed by atoms with Crippen molar-refractivity contribution in [2.24, 2.45) is 11.5 Å². The minimum Gasteiger partial charge on any atom is -0.481 e. The summed E-state index contributed by atoms with van der Waals surface area (Å²) in [5.41, 5.74) is 10.9. The number of carboxylic acids is 1. The van der Waals surface area contributed by atoms with Crippen LogP contribution in [0, 0.1) is 0 Å². The van der Waals surface area contributed by atoms with Crippen LogP contribution in [0.3, 0.4) is 0 Å². The second-order valence-corrected chi connectivity index (χ2v) is 17.5. The quantitative estimate of drug-likeness (QED) is 0.0322. The number of carboxylic acid groups (broad SMARTS) is 1. The maximum absolute atomic E-state index is 10.3. The van der Waals surface area contributed by atoms with Crippen molar-refractivity contribution >= 4 is 5.97 Å². The van der Waals surface area contributed by atoms with Crippen molar-refractivity contribution in [3.63, 3.8) is 0 Å². The average molecular weight is 926 g/mol. The van der Waals surface area contributed by atoms with E-state index >= 15 is 0 Å². The summed E-state index contributed by atoms with van der Waals surface area (Å²) in [6, 6.07) is 0. The summed E-state index contributed by atoms with van der Waals surface area (Å²) in [5.74, 6) is -0.653. The summed E-state index contributed by atoms with van der Waals surface area (Å²) in [5, 5.41) is 8.52. The Hall–Kier alpha value is -0.468. The minimum absolute atomic E-state index is 0. The predicted molar refractivity (Wildman–Crippen MR) is 264 cm³/mol. The van der Waals surface area contributed by atoms with Crippen LogP contribution in [0.4, 0.5) is 0 Å². The zero-order chi connectivity index (χ0) is 42.9. The van der Waals surface area contributed by atoms with Crippen LogP contribution in [0.1, 0.15) is 303 Å². The van der Waals surface area contributed by atoms with Crippen LogP contribution in [0.25, 0.3) is 0 Å². The van der Waals surface area contributed by atoms with E-state index in [2.05, 4.69) is 45.1 Å². The Kier molecular flexibility index (Phi) is 73.6. The third kappa shape index (κ3) is 75.3. The topological polar surface area (TPSA) is 89.3 Å². The summed E-state index contributed by atoms with van der Waals surface area (Å²) in [6.45, 7) is 8.55. The average Bonchev–Trinajstić information content (AvgIpc) is 3.22. The smallest absolute Gasteiger partial charge is 0.303 e. The third-order valence-electron chi connectivity index (χ3n) is 11.4. The van der Waals surface area contributed by atoms with Crippen LogP contribution in [0.15, 0.2) is 24.3 Å². The molecule has 0 bridgehead atoms. The molecule has 0 spiro atoms. The molecule has 59 heavy (non-hydrogen) atoms. The maximum atomic E-state index is 10.3. The van der Waals surface area contributed by atoms with Gasteiger partial charge in [-0.15, -0.1) is 0 Å².